The van der Waals surface area contributed by atoms with Gasteiger partial charge in [-0.25, -0.2) is 16.8 Å². The normalized spacial score (nSPS) is 12.8. The summed E-state index contributed by atoms with van der Waals surface area (Å²) in [7, 11) is -7.34. The molecule has 0 amide bonds. The van der Waals surface area contributed by atoms with Crippen LogP contribution in [0.4, 0.5) is 0 Å². The van der Waals surface area contributed by atoms with Crippen LogP contribution < -0.4 is 0 Å². The van der Waals surface area contributed by atoms with Crippen LogP contribution in [0.2, 0.25) is 0 Å². The Balaban J connectivity index is 1.70. The lowest BCUT2D eigenvalue weighted by molar-refractivity contribution is 0.382. The van der Waals surface area contributed by atoms with Crippen molar-refractivity contribution < 1.29 is 16.8 Å². The molecule has 0 aromatic heterocycles. The van der Waals surface area contributed by atoms with Crippen molar-refractivity contribution in [1.29, 1.82) is 0 Å². The highest BCUT2D eigenvalue weighted by Crippen LogP contribution is 2.39. The number of hydrogen-bond acceptors (Lipinski definition) is 4. The van der Waals surface area contributed by atoms with Crippen LogP contribution in [0.3, 0.4) is 0 Å². The number of benzene rings is 2. The summed E-state index contributed by atoms with van der Waals surface area (Å²) in [5, 5.41) is 0. The van der Waals surface area contributed by atoms with E-state index in [2.05, 4.69) is 27.7 Å². The van der Waals surface area contributed by atoms with Gasteiger partial charge in [0.2, 0.25) is 20.0 Å². The quantitative estimate of drug-likeness (QED) is 0.0533. The maximum atomic E-state index is 14.4. The van der Waals surface area contributed by atoms with Gasteiger partial charge in [-0.3, -0.25) is 0 Å². The first kappa shape index (κ1) is 53.6. The Morgan fingerprint density at radius 1 is 0.344 bits per heavy atom. The van der Waals surface area contributed by atoms with Crippen LogP contribution in [0.15, 0.2) is 46.2 Å². The van der Waals surface area contributed by atoms with E-state index in [9.17, 15) is 16.8 Å². The number of sulfonamides is 2. The summed E-state index contributed by atoms with van der Waals surface area (Å²) in [4.78, 5) is 0.737. The van der Waals surface area contributed by atoms with E-state index in [4.69, 9.17) is 0 Å². The molecule has 0 fully saturated rings. The van der Waals surface area contributed by atoms with Gasteiger partial charge < -0.3 is 0 Å². The van der Waals surface area contributed by atoms with E-state index < -0.39 is 20.0 Å². The fourth-order valence-corrected chi connectivity index (χ4v) is 12.3. The molecule has 0 N–H and O–H groups in total. The van der Waals surface area contributed by atoms with Crippen molar-refractivity contribution in [2.45, 2.75) is 249 Å². The third kappa shape index (κ3) is 19.9. The van der Waals surface area contributed by atoms with Gasteiger partial charge in [-0.2, -0.15) is 8.61 Å². The van der Waals surface area contributed by atoms with Gasteiger partial charge in [0.05, 0.1) is 9.79 Å². The third-order valence-corrected chi connectivity index (χ3v) is 16.9. The number of unbranched alkanes of at least 4 members (excludes halogenated alkanes) is 28. The maximum Gasteiger partial charge on any atom is 0.243 e. The van der Waals surface area contributed by atoms with E-state index in [-0.39, 0.29) is 0 Å². The lowest BCUT2D eigenvalue weighted by Crippen LogP contribution is -2.33. The summed E-state index contributed by atoms with van der Waals surface area (Å²) < 4.78 is 61.0. The topological polar surface area (TPSA) is 74.8 Å². The van der Waals surface area contributed by atoms with Crippen LogP contribution in [0.25, 0.3) is 11.1 Å². The molecule has 6 nitrogen and oxygen atoms in total. The molecule has 0 atom stereocenters. The lowest BCUT2D eigenvalue weighted by Gasteiger charge is -2.23. The molecule has 0 heterocycles. The Labute approximate surface area is 377 Å². The zero-order valence-electron chi connectivity index (χ0n) is 40.0. The van der Waals surface area contributed by atoms with E-state index >= 15 is 0 Å². The summed E-state index contributed by atoms with van der Waals surface area (Å²) in [5.74, 6) is 0. The summed E-state index contributed by atoms with van der Waals surface area (Å²) >= 11 is 0. The molecule has 1 aliphatic rings. The summed E-state index contributed by atoms with van der Waals surface area (Å²) in [6.07, 6.45) is 38.5. The highest BCUT2D eigenvalue weighted by atomic mass is 32.2. The van der Waals surface area contributed by atoms with Crippen molar-refractivity contribution in [3.8, 4) is 11.1 Å². The molecule has 0 saturated heterocycles. The highest BCUT2D eigenvalue weighted by Gasteiger charge is 2.29. The number of hydrogen-bond donors (Lipinski definition) is 0. The molecule has 8 heteroatoms. The first-order chi connectivity index (χ1) is 29.7. The van der Waals surface area contributed by atoms with Crippen LogP contribution in [0.5, 0.6) is 0 Å². The standard InChI is InChI=1S/C53H92N2O4S2/c1-5-9-13-17-21-25-29-33-41-54(42-34-30-26-22-18-14-10-6-2)60(56,57)50-37-39-52-48(46-50)45-49-47-51(38-40-53(49)52)61(58,59)55(43-35-31-27-23-19-15-11-7-3)44-36-32-28-24-20-16-12-8-4/h37-40,46-47H,5-36,41-45H2,1-4H3. The zero-order chi connectivity index (χ0) is 44.0. The first-order valence-electron chi connectivity index (χ1n) is 26.0. The minimum atomic E-state index is -3.67. The van der Waals surface area contributed by atoms with Crippen molar-refractivity contribution >= 4 is 20.0 Å². The molecular formula is C53H92N2O4S2. The average molecular weight is 885 g/mol. The Morgan fingerprint density at radius 2 is 0.574 bits per heavy atom. The third-order valence-electron chi connectivity index (χ3n) is 13.1. The molecule has 61 heavy (non-hydrogen) atoms. The molecule has 0 saturated carbocycles. The van der Waals surface area contributed by atoms with Gasteiger partial charge in [0, 0.05) is 26.2 Å². The zero-order valence-corrected chi connectivity index (χ0v) is 41.6. The molecule has 0 radical (unpaired) electrons. The van der Waals surface area contributed by atoms with E-state index in [0.717, 1.165) is 73.6 Å². The van der Waals surface area contributed by atoms with Crippen molar-refractivity contribution in [2.75, 3.05) is 26.2 Å². The second kappa shape index (κ2) is 32.0. The lowest BCUT2D eigenvalue weighted by atomic mass is 10.1. The van der Waals surface area contributed by atoms with Gasteiger partial charge in [0.25, 0.3) is 0 Å². The Morgan fingerprint density at radius 3 is 0.820 bits per heavy atom. The molecule has 3 rings (SSSR count). The molecule has 0 bridgehead atoms. The van der Waals surface area contributed by atoms with Gasteiger partial charge in [0.15, 0.2) is 0 Å². The molecule has 350 valence electrons. The monoisotopic (exact) mass is 885 g/mol. The van der Waals surface area contributed by atoms with Crippen LogP contribution in [0, 0.1) is 0 Å². The van der Waals surface area contributed by atoms with Crippen LogP contribution in [0.1, 0.15) is 244 Å². The Bertz CT molecular complexity index is 1500. The van der Waals surface area contributed by atoms with Crippen molar-refractivity contribution in [1.82, 2.24) is 8.61 Å². The summed E-state index contributed by atoms with van der Waals surface area (Å²) in [6.45, 7) is 11.3. The number of nitrogens with zero attached hydrogens (tertiary/aromatic N) is 2. The Hall–Kier alpha value is -1.74. The summed E-state index contributed by atoms with van der Waals surface area (Å²) in [5.41, 5.74) is 3.98. The van der Waals surface area contributed by atoms with Gasteiger partial charge in [0.1, 0.15) is 0 Å². The second-order valence-electron chi connectivity index (χ2n) is 18.5. The van der Waals surface area contributed by atoms with Crippen molar-refractivity contribution in [3.63, 3.8) is 0 Å². The van der Waals surface area contributed by atoms with E-state index in [0.29, 0.717) is 42.4 Å². The van der Waals surface area contributed by atoms with Crippen LogP contribution in [-0.2, 0) is 26.5 Å². The van der Waals surface area contributed by atoms with Crippen LogP contribution in [-0.4, -0.2) is 51.6 Å². The van der Waals surface area contributed by atoms with E-state index in [1.54, 1.807) is 20.7 Å². The van der Waals surface area contributed by atoms with E-state index in [1.165, 1.54) is 154 Å². The minimum Gasteiger partial charge on any atom is -0.207 e. The molecule has 2 aromatic carbocycles. The van der Waals surface area contributed by atoms with Gasteiger partial charge in [-0.15, -0.1) is 0 Å². The highest BCUT2D eigenvalue weighted by molar-refractivity contribution is 7.89. The largest absolute Gasteiger partial charge is 0.243 e. The van der Waals surface area contributed by atoms with Crippen molar-refractivity contribution in [3.05, 3.63) is 47.5 Å². The van der Waals surface area contributed by atoms with Crippen LogP contribution >= 0.6 is 0 Å². The van der Waals surface area contributed by atoms with E-state index in [1.807, 2.05) is 24.3 Å². The fraction of sp³-hybridized carbons (Fsp3) is 0.774. The average Bonchev–Trinajstić information content (AvgIpc) is 3.63. The Kier molecular flexibility index (Phi) is 28.1. The SMILES string of the molecule is CCCCCCCCCCN(CCCCCCCCCC)S(=O)(=O)c1ccc2c(c1)Cc1cc(S(=O)(=O)N(CCCCCCCCCC)CCCCCCCCCC)ccc1-2. The number of fused-ring (bicyclic) bond motifs is 3. The molecular weight excluding hydrogens is 793 g/mol. The predicted octanol–water partition coefficient (Wildman–Crippen LogP) is 15.8. The smallest absolute Gasteiger partial charge is 0.207 e. The van der Waals surface area contributed by atoms with Gasteiger partial charge in [-0.1, -0.05) is 220 Å². The summed E-state index contributed by atoms with van der Waals surface area (Å²) in [6, 6.07) is 11.3. The number of rotatable bonds is 40. The van der Waals surface area contributed by atoms with Gasteiger partial charge >= 0.3 is 0 Å². The maximum absolute atomic E-state index is 14.4. The fourth-order valence-electron chi connectivity index (χ4n) is 9.17. The molecule has 0 spiro atoms. The first-order valence-corrected chi connectivity index (χ1v) is 28.8. The molecule has 2 aromatic rings. The second-order valence-corrected chi connectivity index (χ2v) is 22.4. The predicted molar refractivity (Wildman–Crippen MR) is 263 cm³/mol. The minimum absolute atomic E-state index is 0.368. The molecule has 0 unspecified atom stereocenters. The molecule has 0 aliphatic heterocycles. The molecule has 1 aliphatic carbocycles. The van der Waals surface area contributed by atoms with Crippen molar-refractivity contribution in [2.24, 2.45) is 0 Å². The van der Waals surface area contributed by atoms with Gasteiger partial charge in [-0.05, 0) is 78.6 Å².